The largest absolute Gasteiger partial charge is 0.377 e. The number of aromatic nitrogens is 2. The van der Waals surface area contributed by atoms with Gasteiger partial charge in [-0.15, -0.1) is 0 Å². The van der Waals surface area contributed by atoms with Gasteiger partial charge in [0.2, 0.25) is 0 Å². The molecule has 1 aliphatic heterocycles. The molecule has 112 valence electrons. The number of anilines is 1. The number of ether oxygens (including phenoxy) is 1. The molecule has 0 radical (unpaired) electrons. The monoisotopic (exact) mass is 278 g/mol. The standard InChI is InChI=1S/C15H26N4O/c1-14(2,3)18-9-12-8-17-13(10-16-12)19-6-7-20-11-15(19,4)5/h8,10,18H,6-7,9,11H2,1-5H3. The van der Waals surface area contributed by atoms with Crippen molar-refractivity contribution in [3.63, 3.8) is 0 Å². The van der Waals surface area contributed by atoms with Crippen LogP contribution < -0.4 is 10.2 Å². The zero-order valence-electron chi connectivity index (χ0n) is 13.2. The van der Waals surface area contributed by atoms with Gasteiger partial charge in [-0.1, -0.05) is 0 Å². The van der Waals surface area contributed by atoms with Crippen LogP contribution in [0.3, 0.4) is 0 Å². The third-order valence-electron chi connectivity index (χ3n) is 3.41. The third kappa shape index (κ3) is 3.90. The van der Waals surface area contributed by atoms with Crippen LogP contribution in [0.5, 0.6) is 0 Å². The Hall–Kier alpha value is -1.20. The van der Waals surface area contributed by atoms with Crippen LogP contribution >= 0.6 is 0 Å². The van der Waals surface area contributed by atoms with E-state index in [0.29, 0.717) is 0 Å². The maximum atomic E-state index is 5.54. The second-order valence-electron chi connectivity index (χ2n) is 6.99. The van der Waals surface area contributed by atoms with E-state index >= 15 is 0 Å². The lowest BCUT2D eigenvalue weighted by molar-refractivity contribution is 0.0638. The van der Waals surface area contributed by atoms with Crippen LogP contribution in [-0.2, 0) is 11.3 Å². The molecule has 20 heavy (non-hydrogen) atoms. The Labute approximate surface area is 121 Å². The van der Waals surface area contributed by atoms with E-state index in [2.05, 4.69) is 54.8 Å². The Bertz CT molecular complexity index is 436. The summed E-state index contributed by atoms with van der Waals surface area (Å²) < 4.78 is 5.54. The molecule has 1 aromatic rings. The fourth-order valence-corrected chi connectivity index (χ4v) is 2.22. The van der Waals surface area contributed by atoms with E-state index in [4.69, 9.17) is 4.74 Å². The van der Waals surface area contributed by atoms with Gasteiger partial charge < -0.3 is 15.0 Å². The van der Waals surface area contributed by atoms with Crippen molar-refractivity contribution >= 4 is 5.82 Å². The maximum Gasteiger partial charge on any atom is 0.147 e. The lowest BCUT2D eigenvalue weighted by atomic mass is 10.0. The molecule has 0 aromatic carbocycles. The summed E-state index contributed by atoms with van der Waals surface area (Å²) in [6, 6.07) is 0. The van der Waals surface area contributed by atoms with Crippen molar-refractivity contribution in [3.05, 3.63) is 18.1 Å². The average molecular weight is 278 g/mol. The van der Waals surface area contributed by atoms with Crippen LogP contribution in [0, 0.1) is 0 Å². The zero-order chi connectivity index (χ0) is 14.8. The highest BCUT2D eigenvalue weighted by atomic mass is 16.5. The molecule has 0 bridgehead atoms. The van der Waals surface area contributed by atoms with Gasteiger partial charge in [-0.05, 0) is 34.6 Å². The van der Waals surface area contributed by atoms with Gasteiger partial charge in [0.25, 0.3) is 0 Å². The predicted octanol–water partition coefficient (Wildman–Crippen LogP) is 1.98. The molecule has 0 amide bonds. The first-order valence-electron chi connectivity index (χ1n) is 7.19. The highest BCUT2D eigenvalue weighted by Crippen LogP contribution is 2.24. The molecule has 0 unspecified atom stereocenters. The van der Waals surface area contributed by atoms with Gasteiger partial charge in [0.05, 0.1) is 36.8 Å². The summed E-state index contributed by atoms with van der Waals surface area (Å²) >= 11 is 0. The Balaban J connectivity index is 2.04. The molecule has 0 aliphatic carbocycles. The SMILES string of the molecule is CC(C)(C)NCc1cnc(N2CCOCC2(C)C)cn1. The molecule has 1 aliphatic rings. The summed E-state index contributed by atoms with van der Waals surface area (Å²) in [5.74, 6) is 0.929. The second kappa shape index (κ2) is 5.66. The Kier molecular flexibility index (Phi) is 4.30. The van der Waals surface area contributed by atoms with E-state index in [9.17, 15) is 0 Å². The Morgan fingerprint density at radius 3 is 2.60 bits per heavy atom. The van der Waals surface area contributed by atoms with Crippen LogP contribution in [0.25, 0.3) is 0 Å². The molecule has 1 saturated heterocycles. The molecule has 0 saturated carbocycles. The van der Waals surface area contributed by atoms with E-state index in [1.165, 1.54) is 0 Å². The predicted molar refractivity (Wildman–Crippen MR) is 80.9 cm³/mol. The Morgan fingerprint density at radius 2 is 2.05 bits per heavy atom. The van der Waals surface area contributed by atoms with Crippen LogP contribution in [0.15, 0.2) is 12.4 Å². The van der Waals surface area contributed by atoms with Gasteiger partial charge in [0.15, 0.2) is 0 Å². The first kappa shape index (κ1) is 15.2. The first-order chi connectivity index (χ1) is 9.28. The summed E-state index contributed by atoms with van der Waals surface area (Å²) in [6.07, 6.45) is 3.73. The highest BCUT2D eigenvalue weighted by Gasteiger charge is 2.31. The number of rotatable bonds is 3. The molecule has 5 heteroatoms. The van der Waals surface area contributed by atoms with Gasteiger partial charge in [0, 0.05) is 18.6 Å². The lowest BCUT2D eigenvalue weighted by Crippen LogP contribution is -2.53. The van der Waals surface area contributed by atoms with Gasteiger partial charge >= 0.3 is 0 Å². The summed E-state index contributed by atoms with van der Waals surface area (Å²) in [5.41, 5.74) is 1.03. The molecule has 1 aromatic heterocycles. The minimum atomic E-state index is -0.0297. The van der Waals surface area contributed by atoms with Crippen LogP contribution in [0.4, 0.5) is 5.82 Å². The minimum absolute atomic E-state index is 0.0297. The Morgan fingerprint density at radius 1 is 1.30 bits per heavy atom. The number of nitrogens with zero attached hydrogens (tertiary/aromatic N) is 3. The zero-order valence-corrected chi connectivity index (χ0v) is 13.2. The minimum Gasteiger partial charge on any atom is -0.377 e. The lowest BCUT2D eigenvalue weighted by Gasteiger charge is -2.42. The maximum absolute atomic E-state index is 5.54. The van der Waals surface area contributed by atoms with Gasteiger partial charge in [0.1, 0.15) is 5.82 Å². The van der Waals surface area contributed by atoms with Crippen LogP contribution in [-0.4, -0.2) is 40.8 Å². The summed E-state index contributed by atoms with van der Waals surface area (Å²) in [7, 11) is 0. The molecule has 2 heterocycles. The quantitative estimate of drug-likeness (QED) is 0.916. The van der Waals surface area contributed by atoms with Crippen molar-refractivity contribution < 1.29 is 4.74 Å². The van der Waals surface area contributed by atoms with E-state index in [-0.39, 0.29) is 11.1 Å². The van der Waals surface area contributed by atoms with Gasteiger partial charge in [-0.25, -0.2) is 4.98 Å². The van der Waals surface area contributed by atoms with Crippen LogP contribution in [0.2, 0.25) is 0 Å². The third-order valence-corrected chi connectivity index (χ3v) is 3.41. The highest BCUT2D eigenvalue weighted by molar-refractivity contribution is 5.40. The number of morpholine rings is 1. The molecule has 0 atom stereocenters. The second-order valence-corrected chi connectivity index (χ2v) is 6.99. The van der Waals surface area contributed by atoms with Crippen molar-refractivity contribution in [2.75, 3.05) is 24.7 Å². The fraction of sp³-hybridized carbons (Fsp3) is 0.733. The molecule has 0 spiro atoms. The van der Waals surface area contributed by atoms with Crippen molar-refractivity contribution in [3.8, 4) is 0 Å². The van der Waals surface area contributed by atoms with Crippen molar-refractivity contribution in [2.24, 2.45) is 0 Å². The molecule has 1 fully saturated rings. The van der Waals surface area contributed by atoms with Crippen molar-refractivity contribution in [1.82, 2.24) is 15.3 Å². The summed E-state index contributed by atoms with van der Waals surface area (Å²) in [4.78, 5) is 11.3. The average Bonchev–Trinajstić information content (AvgIpc) is 2.36. The van der Waals surface area contributed by atoms with Crippen molar-refractivity contribution in [1.29, 1.82) is 0 Å². The molecule has 1 N–H and O–H groups in total. The van der Waals surface area contributed by atoms with E-state index < -0.39 is 0 Å². The summed E-state index contributed by atoms with van der Waals surface area (Å²) in [6.45, 7) is 13.8. The number of hydrogen-bond donors (Lipinski definition) is 1. The number of hydrogen-bond acceptors (Lipinski definition) is 5. The van der Waals surface area contributed by atoms with E-state index in [1.54, 1.807) is 0 Å². The van der Waals surface area contributed by atoms with E-state index in [0.717, 1.165) is 37.8 Å². The molecular weight excluding hydrogens is 252 g/mol. The smallest absolute Gasteiger partial charge is 0.147 e. The van der Waals surface area contributed by atoms with Crippen molar-refractivity contribution in [2.45, 2.75) is 52.2 Å². The number of nitrogens with one attached hydrogen (secondary N) is 1. The molecule has 2 rings (SSSR count). The molecule has 5 nitrogen and oxygen atoms in total. The van der Waals surface area contributed by atoms with Gasteiger partial charge in [-0.3, -0.25) is 4.98 Å². The van der Waals surface area contributed by atoms with Gasteiger partial charge in [-0.2, -0.15) is 0 Å². The van der Waals surface area contributed by atoms with Crippen LogP contribution in [0.1, 0.15) is 40.3 Å². The van der Waals surface area contributed by atoms with E-state index in [1.807, 2.05) is 12.4 Å². The molecular formula is C15H26N4O. The fourth-order valence-electron chi connectivity index (χ4n) is 2.22. The topological polar surface area (TPSA) is 50.3 Å². The summed E-state index contributed by atoms with van der Waals surface area (Å²) in [5, 5.41) is 3.42. The first-order valence-corrected chi connectivity index (χ1v) is 7.19. The normalized spacial score (nSPS) is 19.1.